The molecule has 1 aromatic carbocycles. The molecule has 1 aromatic heterocycles. The molecular formula is C14H14N2O5. The van der Waals surface area contributed by atoms with E-state index >= 15 is 0 Å². The molecule has 0 saturated heterocycles. The normalized spacial score (nSPS) is 11.9. The molecule has 0 spiro atoms. The summed E-state index contributed by atoms with van der Waals surface area (Å²) in [6.45, 7) is 1.26. The van der Waals surface area contributed by atoms with Crippen molar-refractivity contribution in [1.82, 2.24) is 5.32 Å². The molecule has 21 heavy (non-hydrogen) atoms. The summed E-state index contributed by atoms with van der Waals surface area (Å²) in [6, 6.07) is 6.77. The van der Waals surface area contributed by atoms with Crippen molar-refractivity contribution in [2.24, 2.45) is 0 Å². The van der Waals surface area contributed by atoms with E-state index in [1.807, 2.05) is 0 Å². The molecule has 0 saturated carbocycles. The predicted molar refractivity (Wildman–Crippen MR) is 73.8 cm³/mol. The molecule has 0 aliphatic rings. The predicted octanol–water partition coefficient (Wildman–Crippen LogP) is 1.96. The summed E-state index contributed by atoms with van der Waals surface area (Å²) < 4.78 is 5.12. The number of rotatable bonds is 5. The summed E-state index contributed by atoms with van der Waals surface area (Å²) in [7, 11) is 0. The van der Waals surface area contributed by atoms with Gasteiger partial charge >= 0.3 is 0 Å². The molecule has 7 nitrogen and oxygen atoms in total. The Bertz CT molecular complexity index is 651. The van der Waals surface area contributed by atoms with Gasteiger partial charge in [0.15, 0.2) is 0 Å². The average molecular weight is 290 g/mol. The van der Waals surface area contributed by atoms with E-state index in [0.29, 0.717) is 11.3 Å². The highest BCUT2D eigenvalue weighted by Crippen LogP contribution is 2.20. The third-order valence-corrected chi connectivity index (χ3v) is 3.04. The topological polar surface area (TPSA) is 106 Å². The van der Waals surface area contributed by atoms with Gasteiger partial charge in [0.05, 0.1) is 17.8 Å². The van der Waals surface area contributed by atoms with E-state index < -0.39 is 16.9 Å². The van der Waals surface area contributed by atoms with Crippen molar-refractivity contribution in [2.75, 3.05) is 6.61 Å². The van der Waals surface area contributed by atoms with Crippen LogP contribution in [-0.4, -0.2) is 22.5 Å². The second-order valence-corrected chi connectivity index (χ2v) is 4.48. The van der Waals surface area contributed by atoms with Crippen LogP contribution in [0.25, 0.3) is 0 Å². The molecule has 0 bridgehead atoms. The van der Waals surface area contributed by atoms with Gasteiger partial charge < -0.3 is 14.8 Å². The fraction of sp³-hybridized carbons (Fsp3) is 0.214. The molecule has 110 valence electrons. The monoisotopic (exact) mass is 290 g/mol. The summed E-state index contributed by atoms with van der Waals surface area (Å²) in [6.07, 6.45) is 1.43. The summed E-state index contributed by atoms with van der Waals surface area (Å²) in [4.78, 5) is 22.4. The molecule has 1 heterocycles. The smallest absolute Gasteiger partial charge is 0.273 e. The minimum absolute atomic E-state index is 0.124. The van der Waals surface area contributed by atoms with Gasteiger partial charge in [0.2, 0.25) is 0 Å². The largest absolute Gasteiger partial charge is 0.467 e. The number of nitro benzene ring substituents is 1. The lowest BCUT2D eigenvalue weighted by Crippen LogP contribution is -2.30. The molecule has 1 atom stereocenters. The van der Waals surface area contributed by atoms with Gasteiger partial charge in [-0.05, 0) is 25.1 Å². The summed E-state index contributed by atoms with van der Waals surface area (Å²) in [5.41, 5.74) is 0.500. The number of hydrogen-bond donors (Lipinski definition) is 2. The molecule has 1 amide bonds. The van der Waals surface area contributed by atoms with Gasteiger partial charge in [-0.25, -0.2) is 0 Å². The lowest BCUT2D eigenvalue weighted by molar-refractivity contribution is -0.385. The number of amides is 1. The third-order valence-electron chi connectivity index (χ3n) is 3.04. The van der Waals surface area contributed by atoms with E-state index in [1.54, 1.807) is 19.1 Å². The van der Waals surface area contributed by atoms with Gasteiger partial charge in [0.1, 0.15) is 11.8 Å². The van der Waals surface area contributed by atoms with Crippen LogP contribution in [0.4, 0.5) is 5.69 Å². The van der Waals surface area contributed by atoms with Gasteiger partial charge in [0.25, 0.3) is 11.6 Å². The Morgan fingerprint density at radius 1 is 1.48 bits per heavy atom. The molecule has 0 fully saturated rings. The Hall–Kier alpha value is -2.67. The number of hydrogen-bond acceptors (Lipinski definition) is 5. The second-order valence-electron chi connectivity index (χ2n) is 4.48. The number of aryl methyl sites for hydroxylation is 1. The van der Waals surface area contributed by atoms with Crippen LogP contribution in [0.1, 0.15) is 27.7 Å². The number of nitrogens with zero attached hydrogens (tertiary/aromatic N) is 1. The molecule has 7 heteroatoms. The van der Waals surface area contributed by atoms with Gasteiger partial charge in [-0.15, -0.1) is 0 Å². The summed E-state index contributed by atoms with van der Waals surface area (Å²) in [5, 5.41) is 22.7. The zero-order valence-electron chi connectivity index (χ0n) is 11.3. The fourth-order valence-corrected chi connectivity index (χ4v) is 1.89. The first-order valence-electron chi connectivity index (χ1n) is 6.23. The second kappa shape index (κ2) is 6.19. The van der Waals surface area contributed by atoms with E-state index in [0.717, 1.165) is 0 Å². The van der Waals surface area contributed by atoms with E-state index in [9.17, 15) is 20.0 Å². The Balaban J connectivity index is 2.20. The van der Waals surface area contributed by atoms with Gasteiger partial charge in [0, 0.05) is 17.2 Å². The molecule has 0 radical (unpaired) electrons. The Morgan fingerprint density at radius 2 is 2.24 bits per heavy atom. The number of nitrogens with one attached hydrogen (secondary N) is 1. The maximum absolute atomic E-state index is 12.1. The van der Waals surface area contributed by atoms with Gasteiger partial charge in [-0.3, -0.25) is 14.9 Å². The number of furan rings is 1. The molecule has 0 aliphatic carbocycles. The number of nitro groups is 1. The van der Waals surface area contributed by atoms with Crippen molar-refractivity contribution in [3.8, 4) is 0 Å². The first kappa shape index (κ1) is 14.7. The quantitative estimate of drug-likeness (QED) is 0.646. The number of carbonyl (C=O) groups is 1. The first-order valence-corrected chi connectivity index (χ1v) is 6.23. The van der Waals surface area contributed by atoms with Crippen molar-refractivity contribution in [1.29, 1.82) is 0 Å². The van der Waals surface area contributed by atoms with Crippen LogP contribution in [0.15, 0.2) is 41.0 Å². The molecule has 2 rings (SSSR count). The van der Waals surface area contributed by atoms with Crippen LogP contribution in [0.5, 0.6) is 0 Å². The first-order chi connectivity index (χ1) is 10.0. The number of carbonyl (C=O) groups excluding carboxylic acids is 1. The zero-order chi connectivity index (χ0) is 15.4. The lowest BCUT2D eigenvalue weighted by atomic mass is 10.1. The highest BCUT2D eigenvalue weighted by Gasteiger charge is 2.19. The standard InChI is InChI=1S/C14H14N2O5/c1-9-4-5-10(7-12(9)16(19)20)14(18)15-11(8-17)13-3-2-6-21-13/h2-7,11,17H,8H2,1H3,(H,15,18). The highest BCUT2D eigenvalue weighted by molar-refractivity contribution is 5.95. The Labute approximate surface area is 120 Å². The molecule has 1 unspecified atom stereocenters. The molecule has 2 aromatic rings. The van der Waals surface area contributed by atoms with Crippen LogP contribution in [-0.2, 0) is 0 Å². The maximum Gasteiger partial charge on any atom is 0.273 e. The lowest BCUT2D eigenvalue weighted by Gasteiger charge is -2.14. The minimum Gasteiger partial charge on any atom is -0.467 e. The fourth-order valence-electron chi connectivity index (χ4n) is 1.89. The van der Waals surface area contributed by atoms with Crippen LogP contribution < -0.4 is 5.32 Å². The van der Waals surface area contributed by atoms with Crippen LogP contribution in [0, 0.1) is 17.0 Å². The maximum atomic E-state index is 12.1. The van der Waals surface area contributed by atoms with E-state index in [4.69, 9.17) is 4.42 Å². The highest BCUT2D eigenvalue weighted by atomic mass is 16.6. The van der Waals surface area contributed by atoms with Crippen molar-refractivity contribution in [3.05, 3.63) is 63.6 Å². The Kier molecular flexibility index (Phi) is 4.34. The van der Waals surface area contributed by atoms with Gasteiger partial charge in [-0.1, -0.05) is 6.07 Å². The van der Waals surface area contributed by atoms with Gasteiger partial charge in [-0.2, -0.15) is 0 Å². The number of aliphatic hydroxyl groups is 1. The number of benzene rings is 1. The minimum atomic E-state index is -0.701. The number of aliphatic hydroxyl groups excluding tert-OH is 1. The van der Waals surface area contributed by atoms with Crippen LogP contribution in [0.2, 0.25) is 0 Å². The van der Waals surface area contributed by atoms with Crippen LogP contribution in [0.3, 0.4) is 0 Å². The molecular weight excluding hydrogens is 276 g/mol. The zero-order valence-corrected chi connectivity index (χ0v) is 11.3. The van der Waals surface area contributed by atoms with E-state index in [2.05, 4.69) is 5.32 Å². The molecule has 0 aliphatic heterocycles. The van der Waals surface area contributed by atoms with Crippen molar-refractivity contribution >= 4 is 11.6 Å². The van der Waals surface area contributed by atoms with Crippen molar-refractivity contribution in [2.45, 2.75) is 13.0 Å². The summed E-state index contributed by atoms with van der Waals surface area (Å²) >= 11 is 0. The van der Waals surface area contributed by atoms with Crippen molar-refractivity contribution < 1.29 is 19.2 Å². The Morgan fingerprint density at radius 3 is 2.81 bits per heavy atom. The molecule has 2 N–H and O–H groups in total. The van der Waals surface area contributed by atoms with Crippen molar-refractivity contribution in [3.63, 3.8) is 0 Å². The SMILES string of the molecule is Cc1ccc(C(=O)NC(CO)c2ccco2)cc1[N+](=O)[O-]. The third kappa shape index (κ3) is 3.26. The van der Waals surface area contributed by atoms with E-state index in [-0.39, 0.29) is 17.9 Å². The average Bonchev–Trinajstić information content (AvgIpc) is 2.98. The van der Waals surface area contributed by atoms with E-state index in [1.165, 1.54) is 24.5 Å². The summed E-state index contributed by atoms with van der Waals surface area (Å²) in [5.74, 6) is -0.110. The van der Waals surface area contributed by atoms with Crippen LogP contribution >= 0.6 is 0 Å².